The first-order valence-corrected chi connectivity index (χ1v) is 13.5. The number of alkyl halides is 5. The van der Waals surface area contributed by atoms with Gasteiger partial charge >= 0.3 is 17.8 Å². The number of halogens is 6. The molecule has 4 aromatic heterocycles. The van der Waals surface area contributed by atoms with Crippen molar-refractivity contribution in [3.05, 3.63) is 70.0 Å². The number of hydrogen-bond acceptors (Lipinski definition) is 8. The summed E-state index contributed by atoms with van der Waals surface area (Å²) in [4.78, 5) is 21.2. The Morgan fingerprint density at radius 2 is 1.66 bits per heavy atom. The zero-order valence-electron chi connectivity index (χ0n) is 20.8. The Kier molecular flexibility index (Phi) is 6.68. The van der Waals surface area contributed by atoms with Gasteiger partial charge in [0.15, 0.2) is 27.1 Å². The van der Waals surface area contributed by atoms with Gasteiger partial charge in [-0.15, -0.1) is 10.2 Å². The van der Waals surface area contributed by atoms with E-state index in [0.717, 1.165) is 9.25 Å². The molecular weight excluding hydrogens is 599 g/mol. The molecule has 214 valence electrons. The molecule has 0 aliphatic heterocycles. The average Bonchev–Trinajstić information content (AvgIpc) is 3.47. The summed E-state index contributed by atoms with van der Waals surface area (Å²) in [5.74, 6) is -6.06. The second-order valence-corrected chi connectivity index (χ2v) is 11.3. The summed E-state index contributed by atoms with van der Waals surface area (Å²) in [6, 6.07) is 9.08. The molecule has 0 N–H and O–H groups in total. The van der Waals surface area contributed by atoms with Crippen LogP contribution < -0.4 is 5.69 Å². The van der Waals surface area contributed by atoms with Gasteiger partial charge in [0.2, 0.25) is 0 Å². The lowest BCUT2D eigenvalue weighted by Gasteiger charge is -2.17. The number of pyridine rings is 1. The van der Waals surface area contributed by atoms with Gasteiger partial charge in [-0.25, -0.2) is 27.7 Å². The lowest BCUT2D eigenvalue weighted by molar-refractivity contribution is -0.291. The lowest BCUT2D eigenvalue weighted by Crippen LogP contribution is -2.34. The van der Waals surface area contributed by atoms with E-state index in [9.17, 15) is 35.2 Å². The molecule has 0 bridgehead atoms. The van der Waals surface area contributed by atoms with Gasteiger partial charge in [0.1, 0.15) is 23.2 Å². The van der Waals surface area contributed by atoms with E-state index in [0.29, 0.717) is 16.8 Å². The van der Waals surface area contributed by atoms with Gasteiger partial charge in [-0.05, 0) is 42.5 Å². The maximum absolute atomic E-state index is 13.9. The molecular formula is C23H16ClF5N8O3S. The smallest absolute Gasteiger partial charge is 0.309 e. The third-order valence-electron chi connectivity index (χ3n) is 6.06. The molecule has 0 fully saturated rings. The number of hydrogen-bond donors (Lipinski definition) is 0. The van der Waals surface area contributed by atoms with Crippen molar-refractivity contribution in [1.82, 2.24) is 39.1 Å². The summed E-state index contributed by atoms with van der Waals surface area (Å²) in [5.41, 5.74) is -2.90. The normalized spacial score (nSPS) is 12.8. The van der Waals surface area contributed by atoms with Crippen molar-refractivity contribution < 1.29 is 30.4 Å². The molecule has 0 atom stereocenters. The summed E-state index contributed by atoms with van der Waals surface area (Å²) in [7, 11) is -2.66. The van der Waals surface area contributed by atoms with Crippen LogP contribution in [0.25, 0.3) is 34.2 Å². The van der Waals surface area contributed by atoms with Crippen molar-refractivity contribution in [3.8, 4) is 23.0 Å². The topological polar surface area (TPSA) is 130 Å². The minimum Gasteiger partial charge on any atom is -0.309 e. The highest BCUT2D eigenvalue weighted by molar-refractivity contribution is 7.91. The fourth-order valence-corrected chi connectivity index (χ4v) is 5.00. The molecule has 0 spiro atoms. The van der Waals surface area contributed by atoms with Gasteiger partial charge < -0.3 is 4.57 Å². The number of aromatic nitrogens is 8. The van der Waals surface area contributed by atoms with E-state index in [1.165, 1.54) is 37.0 Å². The molecule has 11 nitrogen and oxygen atoms in total. The molecule has 0 radical (unpaired) electrons. The van der Waals surface area contributed by atoms with Crippen molar-refractivity contribution in [2.45, 2.75) is 23.9 Å². The standard InChI is InChI=1S/C23H16ClF5N8O3S/c1-3-41(39,40)15-8-9-17(37-21(38)36(11-30-37)13-6-4-12(24)5-7-13)32-18(15)20-31-14-10-16(22(25,26)23(27,28)29)33-34-19(14)35(20)2/h4-11H,3H2,1-2H3. The van der Waals surface area contributed by atoms with Crippen molar-refractivity contribution in [2.24, 2.45) is 7.05 Å². The largest absolute Gasteiger partial charge is 0.459 e. The third kappa shape index (κ3) is 4.73. The van der Waals surface area contributed by atoms with Crippen LogP contribution in [0.15, 0.2) is 58.5 Å². The maximum Gasteiger partial charge on any atom is 0.459 e. The van der Waals surface area contributed by atoms with Crippen LogP contribution in [0.2, 0.25) is 5.02 Å². The van der Waals surface area contributed by atoms with Gasteiger partial charge in [-0.1, -0.05) is 18.5 Å². The number of fused-ring (bicyclic) bond motifs is 1. The summed E-state index contributed by atoms with van der Waals surface area (Å²) in [5, 5.41) is 11.0. The molecule has 18 heteroatoms. The van der Waals surface area contributed by atoms with Crippen molar-refractivity contribution >= 4 is 32.6 Å². The Bertz CT molecular complexity index is 1970. The summed E-state index contributed by atoms with van der Waals surface area (Å²) in [6.07, 6.45) is -4.73. The molecule has 0 aliphatic rings. The number of benzene rings is 1. The van der Waals surface area contributed by atoms with Crippen LogP contribution in [-0.4, -0.2) is 59.4 Å². The van der Waals surface area contributed by atoms with Crippen LogP contribution in [-0.2, 0) is 22.8 Å². The van der Waals surface area contributed by atoms with Gasteiger partial charge in [0, 0.05) is 12.1 Å². The second-order valence-electron chi connectivity index (χ2n) is 8.60. The molecule has 0 amide bonds. The van der Waals surface area contributed by atoms with E-state index < -0.39 is 38.8 Å². The monoisotopic (exact) mass is 614 g/mol. The second kappa shape index (κ2) is 9.69. The highest BCUT2D eigenvalue weighted by atomic mass is 35.5. The quantitative estimate of drug-likeness (QED) is 0.264. The van der Waals surface area contributed by atoms with Crippen molar-refractivity contribution in [3.63, 3.8) is 0 Å². The lowest BCUT2D eigenvalue weighted by atomic mass is 10.2. The highest BCUT2D eigenvalue weighted by Crippen LogP contribution is 2.43. The molecule has 5 aromatic rings. The maximum atomic E-state index is 13.9. The Balaban J connectivity index is 1.70. The first-order chi connectivity index (χ1) is 19.2. The van der Waals surface area contributed by atoms with Gasteiger partial charge in [-0.3, -0.25) is 0 Å². The molecule has 1 aromatic carbocycles. The van der Waals surface area contributed by atoms with Crippen LogP contribution in [0.3, 0.4) is 0 Å². The first-order valence-electron chi connectivity index (χ1n) is 11.5. The average molecular weight is 615 g/mol. The number of nitrogens with zero attached hydrogens (tertiary/aromatic N) is 8. The van der Waals surface area contributed by atoms with Gasteiger partial charge in [0.25, 0.3) is 0 Å². The van der Waals surface area contributed by atoms with Crippen LogP contribution >= 0.6 is 11.6 Å². The number of sulfone groups is 1. The minimum atomic E-state index is -5.94. The van der Waals surface area contributed by atoms with E-state index in [-0.39, 0.29) is 33.6 Å². The predicted molar refractivity (Wildman–Crippen MR) is 135 cm³/mol. The molecule has 0 unspecified atom stereocenters. The number of imidazole rings is 1. The van der Waals surface area contributed by atoms with Crippen molar-refractivity contribution in [1.29, 1.82) is 0 Å². The summed E-state index contributed by atoms with van der Waals surface area (Å²) < 4.78 is 95.5. The molecule has 5 rings (SSSR count). The minimum absolute atomic E-state index is 0.129. The van der Waals surface area contributed by atoms with E-state index >= 15 is 0 Å². The summed E-state index contributed by atoms with van der Waals surface area (Å²) in [6.45, 7) is 1.37. The number of aryl methyl sites for hydroxylation is 1. The van der Waals surface area contributed by atoms with Crippen LogP contribution in [0.5, 0.6) is 0 Å². The Morgan fingerprint density at radius 3 is 2.29 bits per heavy atom. The van der Waals surface area contributed by atoms with Crippen molar-refractivity contribution in [2.75, 3.05) is 5.75 Å². The molecule has 41 heavy (non-hydrogen) atoms. The Morgan fingerprint density at radius 1 is 0.976 bits per heavy atom. The Hall–Kier alpha value is -4.25. The van der Waals surface area contributed by atoms with E-state index in [4.69, 9.17) is 11.6 Å². The predicted octanol–water partition coefficient (Wildman–Crippen LogP) is 3.86. The Labute approximate surface area is 231 Å². The molecule has 0 saturated heterocycles. The van der Waals surface area contributed by atoms with Gasteiger partial charge in [0.05, 0.1) is 16.3 Å². The van der Waals surface area contributed by atoms with E-state index in [2.05, 4.69) is 25.3 Å². The fourth-order valence-electron chi connectivity index (χ4n) is 3.86. The molecule has 0 saturated carbocycles. The highest BCUT2D eigenvalue weighted by Gasteiger charge is 2.60. The van der Waals surface area contributed by atoms with Crippen LogP contribution in [0.4, 0.5) is 22.0 Å². The first kappa shape index (κ1) is 28.3. The van der Waals surface area contributed by atoms with Crippen LogP contribution in [0, 0.1) is 0 Å². The van der Waals surface area contributed by atoms with Crippen LogP contribution in [0.1, 0.15) is 12.6 Å². The van der Waals surface area contributed by atoms with E-state index in [1.54, 1.807) is 24.3 Å². The zero-order chi connectivity index (χ0) is 29.9. The molecule has 0 aliphatic carbocycles. The fraction of sp³-hybridized carbons (Fsp3) is 0.217. The van der Waals surface area contributed by atoms with Gasteiger partial charge in [-0.2, -0.15) is 31.7 Å². The molecule has 4 heterocycles. The zero-order valence-corrected chi connectivity index (χ0v) is 22.4. The van der Waals surface area contributed by atoms with E-state index in [1.807, 2.05) is 0 Å². The summed E-state index contributed by atoms with van der Waals surface area (Å²) >= 11 is 5.90. The SMILES string of the molecule is CCS(=O)(=O)c1ccc(-n2ncn(-c3ccc(Cl)cc3)c2=O)nc1-c1nc2cc(C(F)(F)C(F)(F)F)nnc2n1C. The number of rotatable bonds is 6. The third-order valence-corrected chi connectivity index (χ3v) is 8.07.